The summed E-state index contributed by atoms with van der Waals surface area (Å²) in [5.74, 6) is 1.82. The zero-order chi connectivity index (χ0) is 22.0. The fraction of sp³-hybridized carbons (Fsp3) is 0.185. The van der Waals surface area contributed by atoms with Crippen molar-refractivity contribution in [2.24, 2.45) is 0 Å². The van der Waals surface area contributed by atoms with Gasteiger partial charge in [0.1, 0.15) is 11.5 Å². The van der Waals surface area contributed by atoms with Crippen LogP contribution in [0.4, 0.5) is 5.82 Å². The fourth-order valence-corrected chi connectivity index (χ4v) is 4.46. The molecule has 3 aromatic heterocycles. The molecule has 1 aliphatic heterocycles. The molecule has 0 atom stereocenters. The third-order valence-electron chi connectivity index (χ3n) is 6.20. The molecule has 164 valence electrons. The minimum Gasteiger partial charge on any atom is -0.463 e. The lowest BCUT2D eigenvalue weighted by Gasteiger charge is -2.36. The first-order chi connectivity index (χ1) is 16.3. The van der Waals surface area contributed by atoms with Crippen LogP contribution in [0, 0.1) is 0 Å². The molecule has 0 bridgehead atoms. The lowest BCUT2D eigenvalue weighted by Crippen LogP contribution is -2.46. The molecule has 0 N–H and O–H groups in total. The number of anilines is 1. The van der Waals surface area contributed by atoms with E-state index in [1.807, 2.05) is 34.8 Å². The van der Waals surface area contributed by atoms with Crippen molar-refractivity contribution in [2.75, 3.05) is 31.1 Å². The average molecular weight is 436 g/mol. The van der Waals surface area contributed by atoms with Gasteiger partial charge in [0.15, 0.2) is 11.4 Å². The Bertz CT molecular complexity index is 1340. The zero-order valence-corrected chi connectivity index (χ0v) is 18.3. The summed E-state index contributed by atoms with van der Waals surface area (Å²) in [7, 11) is 0. The van der Waals surface area contributed by atoms with E-state index in [-0.39, 0.29) is 0 Å². The Morgan fingerprint density at radius 2 is 1.52 bits per heavy atom. The van der Waals surface area contributed by atoms with Gasteiger partial charge >= 0.3 is 0 Å². The van der Waals surface area contributed by atoms with E-state index in [1.165, 1.54) is 5.56 Å². The molecular weight excluding hydrogens is 410 g/mol. The lowest BCUT2D eigenvalue weighted by atomic mass is 10.2. The van der Waals surface area contributed by atoms with Gasteiger partial charge in [0.25, 0.3) is 0 Å². The van der Waals surface area contributed by atoms with Crippen molar-refractivity contribution in [3.8, 4) is 22.7 Å². The molecule has 0 saturated carbocycles. The summed E-state index contributed by atoms with van der Waals surface area (Å²) in [6, 6.07) is 28.9. The second kappa shape index (κ2) is 8.56. The molecule has 1 aliphatic rings. The highest BCUT2D eigenvalue weighted by Gasteiger charge is 2.22. The van der Waals surface area contributed by atoms with Crippen molar-refractivity contribution < 1.29 is 4.42 Å². The van der Waals surface area contributed by atoms with Gasteiger partial charge < -0.3 is 9.32 Å². The van der Waals surface area contributed by atoms with Crippen LogP contribution in [0.2, 0.25) is 0 Å². The molecule has 4 heterocycles. The SMILES string of the molecule is c1ccc(CN2CCN(c3cc(-c4ccco4)nc4cc(-c5ccccc5)nn34)CC2)cc1. The number of rotatable bonds is 5. The Morgan fingerprint density at radius 1 is 0.758 bits per heavy atom. The fourth-order valence-electron chi connectivity index (χ4n) is 4.46. The minimum atomic E-state index is 0.768. The molecule has 5 aromatic rings. The highest BCUT2D eigenvalue weighted by molar-refractivity contribution is 5.69. The normalized spacial score (nSPS) is 14.7. The van der Waals surface area contributed by atoms with Crippen LogP contribution < -0.4 is 4.90 Å². The number of fused-ring (bicyclic) bond motifs is 1. The largest absolute Gasteiger partial charge is 0.463 e. The molecule has 0 unspecified atom stereocenters. The molecule has 0 radical (unpaired) electrons. The van der Waals surface area contributed by atoms with Crippen molar-refractivity contribution in [1.82, 2.24) is 19.5 Å². The molecule has 0 aliphatic carbocycles. The standard InChI is InChI=1S/C27H25N5O/c1-3-8-21(9-4-1)20-30-13-15-31(16-14-30)27-19-24(25-12-7-17-33-25)28-26-18-23(29-32(26)27)22-10-5-2-6-11-22/h1-12,17-19H,13-16,20H2. The van der Waals surface area contributed by atoms with E-state index in [9.17, 15) is 0 Å². The van der Waals surface area contributed by atoms with Gasteiger partial charge in [-0.05, 0) is 17.7 Å². The molecule has 6 nitrogen and oxygen atoms in total. The van der Waals surface area contributed by atoms with Crippen molar-refractivity contribution in [1.29, 1.82) is 0 Å². The van der Waals surface area contributed by atoms with Crippen LogP contribution in [-0.4, -0.2) is 45.7 Å². The number of hydrogen-bond donors (Lipinski definition) is 0. The van der Waals surface area contributed by atoms with Crippen molar-refractivity contribution >= 4 is 11.5 Å². The highest BCUT2D eigenvalue weighted by Crippen LogP contribution is 2.28. The molecule has 2 aromatic carbocycles. The van der Waals surface area contributed by atoms with Crippen LogP contribution in [0.5, 0.6) is 0 Å². The number of benzene rings is 2. The van der Waals surface area contributed by atoms with Crippen LogP contribution in [0.15, 0.2) is 95.6 Å². The zero-order valence-electron chi connectivity index (χ0n) is 18.3. The maximum atomic E-state index is 5.67. The Balaban J connectivity index is 1.33. The third kappa shape index (κ3) is 4.01. The summed E-state index contributed by atoms with van der Waals surface area (Å²) in [4.78, 5) is 9.78. The van der Waals surface area contributed by atoms with Crippen molar-refractivity contribution in [3.05, 3.63) is 96.8 Å². The van der Waals surface area contributed by atoms with Crippen molar-refractivity contribution in [3.63, 3.8) is 0 Å². The van der Waals surface area contributed by atoms with E-state index in [2.05, 4.69) is 64.4 Å². The van der Waals surface area contributed by atoms with Crippen LogP contribution in [0.25, 0.3) is 28.4 Å². The van der Waals surface area contributed by atoms with E-state index in [1.54, 1.807) is 6.26 Å². The maximum absolute atomic E-state index is 5.67. The Morgan fingerprint density at radius 3 is 2.24 bits per heavy atom. The maximum Gasteiger partial charge on any atom is 0.158 e. The van der Waals surface area contributed by atoms with Crippen LogP contribution >= 0.6 is 0 Å². The summed E-state index contributed by atoms with van der Waals surface area (Å²) in [6.45, 7) is 4.86. The minimum absolute atomic E-state index is 0.768. The molecule has 1 saturated heterocycles. The summed E-state index contributed by atoms with van der Waals surface area (Å²) in [6.07, 6.45) is 1.69. The Labute approximate surface area is 192 Å². The number of furan rings is 1. The van der Waals surface area contributed by atoms with Gasteiger partial charge in [0, 0.05) is 50.4 Å². The molecule has 6 rings (SSSR count). The predicted octanol–water partition coefficient (Wildman–Crippen LogP) is 4.98. The predicted molar refractivity (Wildman–Crippen MR) is 130 cm³/mol. The molecule has 0 spiro atoms. The first-order valence-electron chi connectivity index (χ1n) is 11.3. The highest BCUT2D eigenvalue weighted by atomic mass is 16.3. The van der Waals surface area contributed by atoms with Crippen LogP contribution in [-0.2, 0) is 6.54 Å². The second-order valence-corrected chi connectivity index (χ2v) is 8.39. The second-order valence-electron chi connectivity index (χ2n) is 8.39. The third-order valence-corrected chi connectivity index (χ3v) is 6.20. The van der Waals surface area contributed by atoms with E-state index in [0.717, 1.165) is 66.9 Å². The molecule has 0 amide bonds. The van der Waals surface area contributed by atoms with Gasteiger partial charge in [0.05, 0.1) is 12.0 Å². The van der Waals surface area contributed by atoms with E-state index >= 15 is 0 Å². The van der Waals surface area contributed by atoms with Gasteiger partial charge in [-0.15, -0.1) is 0 Å². The number of aromatic nitrogens is 3. The smallest absolute Gasteiger partial charge is 0.158 e. The van der Waals surface area contributed by atoms with E-state index in [4.69, 9.17) is 14.5 Å². The first-order valence-corrected chi connectivity index (χ1v) is 11.3. The summed E-state index contributed by atoms with van der Waals surface area (Å²) in [5, 5.41) is 4.94. The number of hydrogen-bond acceptors (Lipinski definition) is 5. The van der Waals surface area contributed by atoms with Gasteiger partial charge in [-0.3, -0.25) is 4.90 Å². The van der Waals surface area contributed by atoms with Crippen LogP contribution in [0.1, 0.15) is 5.56 Å². The lowest BCUT2D eigenvalue weighted by molar-refractivity contribution is 0.249. The van der Waals surface area contributed by atoms with E-state index in [0.29, 0.717) is 0 Å². The van der Waals surface area contributed by atoms with Crippen molar-refractivity contribution in [2.45, 2.75) is 6.54 Å². The Hall–Kier alpha value is -3.90. The molecule has 33 heavy (non-hydrogen) atoms. The molecule has 1 fully saturated rings. The van der Waals surface area contributed by atoms with Gasteiger partial charge in [-0.1, -0.05) is 60.7 Å². The quantitative estimate of drug-likeness (QED) is 0.390. The van der Waals surface area contributed by atoms with Crippen LogP contribution in [0.3, 0.4) is 0 Å². The average Bonchev–Trinajstić information content (AvgIpc) is 3.56. The molecular formula is C27H25N5O. The van der Waals surface area contributed by atoms with Gasteiger partial charge in [-0.25, -0.2) is 4.98 Å². The first kappa shape index (κ1) is 19.8. The Kier molecular flexibility index (Phi) is 5.13. The summed E-state index contributed by atoms with van der Waals surface area (Å²) >= 11 is 0. The number of piperazine rings is 1. The summed E-state index contributed by atoms with van der Waals surface area (Å²) < 4.78 is 7.64. The van der Waals surface area contributed by atoms with Gasteiger partial charge in [-0.2, -0.15) is 9.61 Å². The molecule has 6 heteroatoms. The number of nitrogens with zero attached hydrogens (tertiary/aromatic N) is 5. The van der Waals surface area contributed by atoms with E-state index < -0.39 is 0 Å². The summed E-state index contributed by atoms with van der Waals surface area (Å²) in [5.41, 5.74) is 5.01. The van der Waals surface area contributed by atoms with Gasteiger partial charge in [0.2, 0.25) is 0 Å². The topological polar surface area (TPSA) is 49.8 Å². The monoisotopic (exact) mass is 435 g/mol.